The maximum atomic E-state index is 11.2. The van der Waals surface area contributed by atoms with Crippen LogP contribution in [0, 0.1) is 0 Å². The zero-order valence-electron chi connectivity index (χ0n) is 6.54. The fourth-order valence-corrected chi connectivity index (χ4v) is 1.63. The molecule has 2 fully saturated rings. The number of carbonyl (C=O) groups excluding carboxylic acids is 2. The summed E-state index contributed by atoms with van der Waals surface area (Å²) in [5.74, 6) is 0.118. The molecule has 0 N–H and O–H groups in total. The number of ketones is 1. The first-order valence-corrected chi connectivity index (χ1v) is 4.04. The summed E-state index contributed by atoms with van der Waals surface area (Å²) in [5.41, 5.74) is 0. The van der Waals surface area contributed by atoms with Gasteiger partial charge in [0.2, 0.25) is 5.91 Å². The third-order valence-corrected chi connectivity index (χ3v) is 2.44. The minimum atomic E-state index is -0.144. The van der Waals surface area contributed by atoms with Gasteiger partial charge in [-0.2, -0.15) is 0 Å². The number of hydrogen-bond acceptors (Lipinski definition) is 2. The average Bonchev–Trinajstić information content (AvgIpc) is 2.68. The van der Waals surface area contributed by atoms with Crippen LogP contribution in [0.15, 0.2) is 0 Å². The number of Topliss-reactive ketones (excluding diaryl/α,β-unsaturated/α-hetero) is 1. The molecule has 0 bridgehead atoms. The van der Waals surface area contributed by atoms with Crippen molar-refractivity contribution < 1.29 is 9.59 Å². The summed E-state index contributed by atoms with van der Waals surface area (Å²) in [7, 11) is 0. The van der Waals surface area contributed by atoms with Gasteiger partial charge in [-0.1, -0.05) is 0 Å². The van der Waals surface area contributed by atoms with Crippen molar-refractivity contribution in [2.75, 3.05) is 0 Å². The molecule has 0 radical (unpaired) electrons. The molecule has 1 aliphatic heterocycles. The Morgan fingerprint density at radius 2 is 2.00 bits per heavy atom. The molecule has 2 rings (SSSR count). The van der Waals surface area contributed by atoms with Gasteiger partial charge in [-0.25, -0.2) is 0 Å². The van der Waals surface area contributed by atoms with E-state index in [4.69, 9.17) is 0 Å². The number of nitrogens with zero attached hydrogens (tertiary/aromatic N) is 1. The van der Waals surface area contributed by atoms with Crippen LogP contribution in [0.4, 0.5) is 0 Å². The predicted octanol–water partition coefficient (Wildman–Crippen LogP) is 0.339. The second-order valence-corrected chi connectivity index (χ2v) is 3.35. The highest BCUT2D eigenvalue weighted by atomic mass is 16.2. The molecular formula is C8H11NO2. The van der Waals surface area contributed by atoms with E-state index in [1.54, 1.807) is 4.90 Å². The van der Waals surface area contributed by atoms with Crippen molar-refractivity contribution in [2.45, 2.75) is 38.3 Å². The molecule has 3 heteroatoms. The van der Waals surface area contributed by atoms with Crippen LogP contribution in [0.5, 0.6) is 0 Å². The lowest BCUT2D eigenvalue weighted by molar-refractivity contribution is -0.129. The lowest BCUT2D eigenvalue weighted by atomic mass is 10.2. The molecule has 1 aliphatic carbocycles. The van der Waals surface area contributed by atoms with Gasteiger partial charge < -0.3 is 4.90 Å². The predicted molar refractivity (Wildman–Crippen MR) is 39.0 cm³/mol. The van der Waals surface area contributed by atoms with Crippen molar-refractivity contribution in [1.82, 2.24) is 4.90 Å². The van der Waals surface area contributed by atoms with E-state index >= 15 is 0 Å². The van der Waals surface area contributed by atoms with Gasteiger partial charge in [0.25, 0.3) is 0 Å². The van der Waals surface area contributed by atoms with E-state index in [0.717, 1.165) is 12.8 Å². The number of rotatable bonds is 1. The van der Waals surface area contributed by atoms with Gasteiger partial charge in [-0.3, -0.25) is 9.59 Å². The zero-order chi connectivity index (χ0) is 8.01. The number of likely N-dealkylation sites (tertiary alicyclic amines) is 1. The maximum Gasteiger partial charge on any atom is 0.230 e. The Kier molecular flexibility index (Phi) is 1.28. The van der Waals surface area contributed by atoms with Crippen molar-refractivity contribution in [1.29, 1.82) is 0 Å². The molecule has 11 heavy (non-hydrogen) atoms. The van der Waals surface area contributed by atoms with Crippen molar-refractivity contribution in [2.24, 2.45) is 0 Å². The van der Waals surface area contributed by atoms with E-state index < -0.39 is 0 Å². The van der Waals surface area contributed by atoms with Crippen molar-refractivity contribution in [3.05, 3.63) is 0 Å². The highest BCUT2D eigenvalue weighted by molar-refractivity contribution is 6.07. The van der Waals surface area contributed by atoms with Crippen LogP contribution in [0.2, 0.25) is 0 Å². The first-order valence-electron chi connectivity index (χ1n) is 4.04. The molecule has 2 aliphatic rings. The van der Waals surface area contributed by atoms with Crippen LogP contribution in [0.1, 0.15) is 26.2 Å². The first kappa shape index (κ1) is 6.83. The van der Waals surface area contributed by atoms with Crippen LogP contribution >= 0.6 is 0 Å². The number of amides is 1. The van der Waals surface area contributed by atoms with Gasteiger partial charge in [-0.15, -0.1) is 0 Å². The van der Waals surface area contributed by atoms with E-state index in [1.807, 2.05) is 6.92 Å². The van der Waals surface area contributed by atoms with Crippen LogP contribution in [0.25, 0.3) is 0 Å². The lowest BCUT2D eigenvalue weighted by Crippen LogP contribution is -2.34. The van der Waals surface area contributed by atoms with Crippen molar-refractivity contribution >= 4 is 11.7 Å². The van der Waals surface area contributed by atoms with Gasteiger partial charge in [0, 0.05) is 6.04 Å². The molecule has 0 aromatic heterocycles. The Bertz CT molecular complexity index is 220. The highest BCUT2D eigenvalue weighted by Gasteiger charge is 2.43. The molecule has 1 saturated heterocycles. The molecule has 0 aromatic rings. The van der Waals surface area contributed by atoms with Crippen LogP contribution in [-0.4, -0.2) is 28.7 Å². The van der Waals surface area contributed by atoms with Gasteiger partial charge in [0.15, 0.2) is 5.78 Å². The molecule has 1 amide bonds. The summed E-state index contributed by atoms with van der Waals surface area (Å²) in [5, 5.41) is 0. The third-order valence-electron chi connectivity index (χ3n) is 2.44. The van der Waals surface area contributed by atoms with E-state index in [0.29, 0.717) is 6.04 Å². The van der Waals surface area contributed by atoms with Crippen LogP contribution in [-0.2, 0) is 9.59 Å². The maximum absolute atomic E-state index is 11.2. The first-order chi connectivity index (χ1) is 5.20. The monoisotopic (exact) mass is 153 g/mol. The largest absolute Gasteiger partial charge is 0.330 e. The molecule has 0 aromatic carbocycles. The molecule has 1 unspecified atom stereocenters. The fraction of sp³-hybridized carbons (Fsp3) is 0.750. The molecule has 1 saturated carbocycles. The van der Waals surface area contributed by atoms with E-state index in [2.05, 4.69) is 0 Å². The average molecular weight is 153 g/mol. The topological polar surface area (TPSA) is 37.4 Å². The third kappa shape index (κ3) is 0.951. The van der Waals surface area contributed by atoms with Crippen LogP contribution < -0.4 is 0 Å². The normalized spacial score (nSPS) is 31.7. The van der Waals surface area contributed by atoms with Crippen molar-refractivity contribution in [3.8, 4) is 0 Å². The van der Waals surface area contributed by atoms with Gasteiger partial charge in [-0.05, 0) is 19.8 Å². The Morgan fingerprint density at radius 1 is 1.36 bits per heavy atom. The second kappa shape index (κ2) is 2.06. The molecule has 3 nitrogen and oxygen atoms in total. The summed E-state index contributed by atoms with van der Waals surface area (Å²) in [6.07, 6.45) is 2.31. The highest BCUT2D eigenvalue weighted by Crippen LogP contribution is 2.32. The SMILES string of the molecule is CC1C(=O)CC(=O)N1C1CC1. The standard InChI is InChI=1S/C8H11NO2/c1-5-7(10)4-8(11)9(5)6-2-3-6/h5-6H,2-4H2,1H3. The summed E-state index contributed by atoms with van der Waals surface area (Å²) in [6, 6.07) is 0.249. The summed E-state index contributed by atoms with van der Waals surface area (Å²) >= 11 is 0. The van der Waals surface area contributed by atoms with E-state index in [-0.39, 0.29) is 24.2 Å². The molecular weight excluding hydrogens is 142 g/mol. The zero-order valence-corrected chi connectivity index (χ0v) is 6.54. The second-order valence-electron chi connectivity index (χ2n) is 3.35. The Balaban J connectivity index is 2.17. The minimum Gasteiger partial charge on any atom is -0.330 e. The minimum absolute atomic E-state index is 0.0324. The van der Waals surface area contributed by atoms with E-state index in [1.165, 1.54) is 0 Å². The summed E-state index contributed by atoms with van der Waals surface area (Å²) in [6.45, 7) is 1.82. The number of carbonyl (C=O) groups is 2. The van der Waals surface area contributed by atoms with Gasteiger partial charge in [0.05, 0.1) is 12.5 Å². The lowest BCUT2D eigenvalue weighted by Gasteiger charge is -2.18. The smallest absolute Gasteiger partial charge is 0.230 e. The molecule has 1 atom stereocenters. The summed E-state index contributed by atoms with van der Waals surface area (Å²) < 4.78 is 0. The molecule has 60 valence electrons. The van der Waals surface area contributed by atoms with Crippen molar-refractivity contribution in [3.63, 3.8) is 0 Å². The van der Waals surface area contributed by atoms with E-state index in [9.17, 15) is 9.59 Å². The molecule has 0 spiro atoms. The number of hydrogen-bond donors (Lipinski definition) is 0. The summed E-state index contributed by atoms with van der Waals surface area (Å²) in [4.78, 5) is 24.0. The quantitative estimate of drug-likeness (QED) is 0.509. The fourth-order valence-electron chi connectivity index (χ4n) is 1.63. The molecule has 1 heterocycles. The van der Waals surface area contributed by atoms with Crippen LogP contribution in [0.3, 0.4) is 0 Å². The van der Waals surface area contributed by atoms with Gasteiger partial charge in [0.1, 0.15) is 0 Å². The Morgan fingerprint density at radius 3 is 2.36 bits per heavy atom. The Hall–Kier alpha value is -0.860. The Labute approximate surface area is 65.4 Å². The van der Waals surface area contributed by atoms with Gasteiger partial charge >= 0.3 is 0 Å².